The first kappa shape index (κ1) is 23.3. The highest BCUT2D eigenvalue weighted by atomic mass is 19.4. The molecule has 166 valence electrons. The van der Waals surface area contributed by atoms with Gasteiger partial charge in [0.15, 0.2) is 11.5 Å². The standard InChI is InChI=1S/C14H12F9N7/c1-5(12(15,16)17)25-10-28-9(7-3-24-4-8(27-7)14(21,22)23)29-11(30-10)26-6(2)13(18,19)20/h3-6H,1-2H3,(H2,25,26,28,29,30)/t5-,6-/m1/s1. The van der Waals surface area contributed by atoms with Crippen molar-refractivity contribution in [3.63, 3.8) is 0 Å². The van der Waals surface area contributed by atoms with Crippen LogP contribution in [0.2, 0.25) is 0 Å². The summed E-state index contributed by atoms with van der Waals surface area (Å²) in [4.78, 5) is 17.0. The number of nitrogens with one attached hydrogen (secondary N) is 2. The minimum Gasteiger partial charge on any atom is -0.343 e. The van der Waals surface area contributed by atoms with Crippen LogP contribution >= 0.6 is 0 Å². The molecule has 0 fully saturated rings. The molecule has 0 saturated heterocycles. The van der Waals surface area contributed by atoms with Crippen LogP contribution in [0, 0.1) is 0 Å². The van der Waals surface area contributed by atoms with Gasteiger partial charge in [-0.2, -0.15) is 54.5 Å². The number of alkyl halides is 9. The lowest BCUT2D eigenvalue weighted by molar-refractivity contribution is -0.141. The van der Waals surface area contributed by atoms with E-state index in [4.69, 9.17) is 0 Å². The largest absolute Gasteiger partial charge is 0.434 e. The molecular weight excluding hydrogens is 437 g/mol. The maximum absolute atomic E-state index is 12.8. The van der Waals surface area contributed by atoms with Gasteiger partial charge in [-0.3, -0.25) is 4.98 Å². The fraction of sp³-hybridized carbons (Fsp3) is 0.500. The van der Waals surface area contributed by atoms with E-state index in [2.05, 4.69) is 24.9 Å². The van der Waals surface area contributed by atoms with Crippen LogP contribution < -0.4 is 10.6 Å². The van der Waals surface area contributed by atoms with Gasteiger partial charge in [0.1, 0.15) is 17.8 Å². The SMILES string of the molecule is C[C@@H](Nc1nc(N[C@H](C)C(F)(F)F)nc(-c2cncc(C(F)(F)F)n2)n1)C(F)(F)F. The van der Waals surface area contributed by atoms with Gasteiger partial charge in [0.2, 0.25) is 11.9 Å². The molecular formula is C14H12F9N7. The zero-order valence-corrected chi connectivity index (χ0v) is 14.9. The Labute approximate surface area is 162 Å². The molecule has 0 bridgehead atoms. The zero-order valence-electron chi connectivity index (χ0n) is 14.9. The first-order valence-corrected chi connectivity index (χ1v) is 7.89. The molecule has 0 radical (unpaired) electrons. The molecule has 2 atom stereocenters. The number of anilines is 2. The van der Waals surface area contributed by atoms with Crippen molar-refractivity contribution in [2.24, 2.45) is 0 Å². The molecule has 0 saturated carbocycles. The van der Waals surface area contributed by atoms with Crippen LogP contribution in [0.25, 0.3) is 11.5 Å². The lowest BCUT2D eigenvalue weighted by atomic mass is 10.3. The normalized spacial score (nSPS) is 14.9. The van der Waals surface area contributed by atoms with Crippen molar-refractivity contribution in [3.8, 4) is 11.5 Å². The molecule has 0 unspecified atom stereocenters. The number of hydrogen-bond acceptors (Lipinski definition) is 7. The number of nitrogens with zero attached hydrogens (tertiary/aromatic N) is 5. The van der Waals surface area contributed by atoms with E-state index in [9.17, 15) is 39.5 Å². The van der Waals surface area contributed by atoms with Gasteiger partial charge in [-0.1, -0.05) is 0 Å². The summed E-state index contributed by atoms with van der Waals surface area (Å²) in [5.41, 5.74) is -2.10. The Morgan fingerprint density at radius 1 is 0.700 bits per heavy atom. The highest BCUT2D eigenvalue weighted by Gasteiger charge is 2.38. The fourth-order valence-corrected chi connectivity index (χ4v) is 1.78. The van der Waals surface area contributed by atoms with Gasteiger partial charge >= 0.3 is 18.5 Å². The Bertz CT molecular complexity index is 839. The van der Waals surface area contributed by atoms with Crippen LogP contribution in [0.3, 0.4) is 0 Å². The molecule has 0 aliphatic heterocycles. The number of rotatable bonds is 5. The Morgan fingerprint density at radius 3 is 1.57 bits per heavy atom. The molecule has 2 heterocycles. The topological polar surface area (TPSA) is 88.5 Å². The van der Waals surface area contributed by atoms with Crippen LogP contribution in [0.4, 0.5) is 51.4 Å². The predicted molar refractivity (Wildman–Crippen MR) is 84.1 cm³/mol. The Morgan fingerprint density at radius 2 is 1.17 bits per heavy atom. The van der Waals surface area contributed by atoms with Crippen molar-refractivity contribution in [3.05, 3.63) is 18.1 Å². The van der Waals surface area contributed by atoms with E-state index in [0.717, 1.165) is 6.20 Å². The molecule has 0 aromatic carbocycles. The summed E-state index contributed by atoms with van der Waals surface area (Å²) in [5, 5.41) is 3.62. The van der Waals surface area contributed by atoms with E-state index in [1.54, 1.807) is 0 Å². The van der Waals surface area contributed by atoms with Crippen LogP contribution in [-0.4, -0.2) is 49.4 Å². The molecule has 2 aromatic rings. The van der Waals surface area contributed by atoms with Gasteiger partial charge in [-0.15, -0.1) is 0 Å². The zero-order chi connectivity index (χ0) is 22.9. The maximum Gasteiger partial charge on any atom is 0.434 e. The summed E-state index contributed by atoms with van der Waals surface area (Å²) in [7, 11) is 0. The highest BCUT2D eigenvalue weighted by Crippen LogP contribution is 2.29. The average molecular weight is 449 g/mol. The van der Waals surface area contributed by atoms with E-state index in [1.807, 2.05) is 10.6 Å². The van der Waals surface area contributed by atoms with Crippen LogP contribution in [-0.2, 0) is 6.18 Å². The van der Waals surface area contributed by atoms with Gasteiger partial charge in [0.25, 0.3) is 0 Å². The molecule has 30 heavy (non-hydrogen) atoms. The minimum atomic E-state index is -4.91. The fourth-order valence-electron chi connectivity index (χ4n) is 1.78. The first-order chi connectivity index (χ1) is 13.6. The second-order valence-corrected chi connectivity index (χ2v) is 5.91. The van der Waals surface area contributed by atoms with Crippen molar-refractivity contribution in [1.82, 2.24) is 24.9 Å². The Balaban J connectivity index is 2.51. The number of hydrogen-bond donors (Lipinski definition) is 2. The van der Waals surface area contributed by atoms with Crippen molar-refractivity contribution < 1.29 is 39.5 Å². The van der Waals surface area contributed by atoms with Crippen LogP contribution in [0.1, 0.15) is 19.5 Å². The smallest absolute Gasteiger partial charge is 0.343 e. The lowest BCUT2D eigenvalue weighted by Gasteiger charge is -2.20. The summed E-state index contributed by atoms with van der Waals surface area (Å²) in [6.07, 6.45) is -13.3. The van der Waals surface area contributed by atoms with Crippen LogP contribution in [0.15, 0.2) is 12.4 Å². The lowest BCUT2D eigenvalue weighted by Crippen LogP contribution is -2.35. The molecule has 16 heteroatoms. The molecule has 0 spiro atoms. The summed E-state index contributed by atoms with van der Waals surface area (Å²) < 4.78 is 115. The van der Waals surface area contributed by atoms with Crippen molar-refractivity contribution in [2.45, 2.75) is 44.5 Å². The van der Waals surface area contributed by atoms with Crippen molar-refractivity contribution in [2.75, 3.05) is 10.6 Å². The van der Waals surface area contributed by atoms with Crippen molar-refractivity contribution in [1.29, 1.82) is 0 Å². The molecule has 0 aliphatic rings. The Hall–Kier alpha value is -2.94. The third-order valence-corrected chi connectivity index (χ3v) is 3.46. The van der Waals surface area contributed by atoms with Crippen molar-refractivity contribution >= 4 is 11.9 Å². The molecule has 0 amide bonds. The van der Waals surface area contributed by atoms with E-state index in [1.165, 1.54) is 0 Å². The minimum absolute atomic E-state index is 0.375. The molecule has 0 aliphatic carbocycles. The summed E-state index contributed by atoms with van der Waals surface area (Å²) >= 11 is 0. The summed E-state index contributed by atoms with van der Waals surface area (Å²) in [6, 6.07) is -4.46. The third-order valence-electron chi connectivity index (χ3n) is 3.46. The molecule has 2 N–H and O–H groups in total. The third kappa shape index (κ3) is 6.03. The second-order valence-electron chi connectivity index (χ2n) is 5.91. The summed E-state index contributed by atoms with van der Waals surface area (Å²) in [5.74, 6) is -2.39. The van der Waals surface area contributed by atoms with E-state index >= 15 is 0 Å². The molecule has 2 aromatic heterocycles. The van der Waals surface area contributed by atoms with E-state index in [0.29, 0.717) is 20.0 Å². The molecule has 2 rings (SSSR count). The monoisotopic (exact) mass is 449 g/mol. The van der Waals surface area contributed by atoms with E-state index in [-0.39, 0.29) is 0 Å². The Kier molecular flexibility index (Phi) is 6.27. The summed E-state index contributed by atoms with van der Waals surface area (Å²) in [6.45, 7) is 1.36. The van der Waals surface area contributed by atoms with E-state index < -0.39 is 59.7 Å². The highest BCUT2D eigenvalue weighted by molar-refractivity contribution is 5.53. The molecule has 7 nitrogen and oxygen atoms in total. The van der Waals surface area contributed by atoms with Gasteiger partial charge in [-0.25, -0.2) is 4.98 Å². The maximum atomic E-state index is 12.8. The second kappa shape index (κ2) is 8.06. The number of halogens is 9. The average Bonchev–Trinajstić information content (AvgIpc) is 2.59. The van der Waals surface area contributed by atoms with Gasteiger partial charge in [0.05, 0.1) is 12.4 Å². The number of aromatic nitrogens is 5. The van der Waals surface area contributed by atoms with Gasteiger partial charge in [0, 0.05) is 0 Å². The van der Waals surface area contributed by atoms with Crippen LogP contribution in [0.5, 0.6) is 0 Å². The van der Waals surface area contributed by atoms with Gasteiger partial charge in [-0.05, 0) is 13.8 Å². The first-order valence-electron chi connectivity index (χ1n) is 7.89. The van der Waals surface area contributed by atoms with Gasteiger partial charge < -0.3 is 10.6 Å². The quantitative estimate of drug-likeness (QED) is 0.666. The predicted octanol–water partition coefficient (Wildman–Crippen LogP) is 4.07.